The Morgan fingerprint density at radius 3 is 2.55 bits per heavy atom. The molecular weight excluding hydrogens is 380 g/mol. The van der Waals surface area contributed by atoms with E-state index in [4.69, 9.17) is 4.99 Å². The number of aromatic nitrogens is 1. The maximum absolute atomic E-state index is 13.4. The summed E-state index contributed by atoms with van der Waals surface area (Å²) in [5, 5.41) is 0. The summed E-state index contributed by atoms with van der Waals surface area (Å²) in [6, 6.07) is 17.5. The van der Waals surface area contributed by atoms with Gasteiger partial charge < -0.3 is 0 Å². The van der Waals surface area contributed by atoms with E-state index in [9.17, 15) is 9.59 Å². The van der Waals surface area contributed by atoms with Crippen molar-refractivity contribution < 1.29 is 4.79 Å². The van der Waals surface area contributed by atoms with Crippen molar-refractivity contribution in [3.63, 3.8) is 0 Å². The minimum absolute atomic E-state index is 0.0897. The molecule has 3 aromatic rings. The molecule has 1 aliphatic carbocycles. The van der Waals surface area contributed by atoms with Gasteiger partial charge in [0.25, 0.3) is 5.56 Å². The minimum Gasteiger partial charge on any atom is -0.294 e. The molecule has 0 spiro atoms. The van der Waals surface area contributed by atoms with Crippen LogP contribution in [0.15, 0.2) is 75.7 Å². The van der Waals surface area contributed by atoms with Crippen LogP contribution in [0.2, 0.25) is 0 Å². The van der Waals surface area contributed by atoms with Gasteiger partial charge in [0.05, 0.1) is 16.3 Å². The van der Waals surface area contributed by atoms with Crippen molar-refractivity contribution in [2.75, 3.05) is 0 Å². The van der Waals surface area contributed by atoms with Gasteiger partial charge in [-0.05, 0) is 37.0 Å². The Bertz CT molecular complexity index is 1310. The van der Waals surface area contributed by atoms with Crippen molar-refractivity contribution in [2.45, 2.75) is 32.2 Å². The molecule has 0 bridgehead atoms. The fraction of sp³-hybridized carbons (Fsp3) is 0.208. The summed E-state index contributed by atoms with van der Waals surface area (Å²) in [5.74, 6) is 0.108. The molecule has 2 aromatic carbocycles. The number of hydrogen-bond acceptors (Lipinski definition) is 4. The smallest absolute Gasteiger partial charge is 0.271 e. The van der Waals surface area contributed by atoms with E-state index < -0.39 is 6.04 Å². The molecule has 4 nitrogen and oxygen atoms in total. The van der Waals surface area contributed by atoms with E-state index in [2.05, 4.69) is 0 Å². The Morgan fingerprint density at radius 1 is 1.03 bits per heavy atom. The van der Waals surface area contributed by atoms with Crippen LogP contribution < -0.4 is 14.9 Å². The first-order valence-corrected chi connectivity index (χ1v) is 10.6. The number of fused-ring (bicyclic) bond motifs is 1. The highest BCUT2D eigenvalue weighted by Crippen LogP contribution is 2.35. The van der Waals surface area contributed by atoms with Gasteiger partial charge in [-0.25, -0.2) is 4.99 Å². The van der Waals surface area contributed by atoms with E-state index in [1.165, 1.54) is 16.9 Å². The number of carbonyl (C=O) groups is 1. The predicted octanol–water partition coefficient (Wildman–Crippen LogP) is 3.28. The quantitative estimate of drug-likeness (QED) is 0.663. The molecular formula is C24H20N2O2S. The van der Waals surface area contributed by atoms with Gasteiger partial charge in [0.15, 0.2) is 10.6 Å². The van der Waals surface area contributed by atoms with Crippen LogP contribution in [-0.2, 0) is 4.79 Å². The van der Waals surface area contributed by atoms with Crippen LogP contribution in [-0.4, -0.2) is 10.4 Å². The molecule has 1 aliphatic heterocycles. The lowest BCUT2D eigenvalue weighted by molar-refractivity contribution is -0.116. The molecule has 1 aromatic heterocycles. The number of nitrogens with zero attached hydrogens (tertiary/aromatic N) is 2. The van der Waals surface area contributed by atoms with Gasteiger partial charge in [-0.3, -0.25) is 14.2 Å². The SMILES string of the molecule is Cc1ccc(C=c2sc3n(c2=O)C(c2ccccc2)C2=C(CCCC2=O)N=3)cc1. The van der Waals surface area contributed by atoms with Gasteiger partial charge in [0, 0.05) is 12.0 Å². The Kier molecular flexibility index (Phi) is 4.40. The molecule has 0 saturated carbocycles. The first-order valence-electron chi connectivity index (χ1n) is 9.81. The van der Waals surface area contributed by atoms with Crippen LogP contribution in [0.3, 0.4) is 0 Å². The number of benzene rings is 2. The zero-order valence-electron chi connectivity index (χ0n) is 16.1. The lowest BCUT2D eigenvalue weighted by Crippen LogP contribution is -2.40. The molecule has 29 heavy (non-hydrogen) atoms. The molecule has 2 heterocycles. The van der Waals surface area contributed by atoms with Gasteiger partial charge in [0.2, 0.25) is 0 Å². The van der Waals surface area contributed by atoms with Crippen molar-refractivity contribution >= 4 is 23.2 Å². The summed E-state index contributed by atoms with van der Waals surface area (Å²) < 4.78 is 2.35. The minimum atomic E-state index is -0.393. The van der Waals surface area contributed by atoms with E-state index in [0.717, 1.165) is 29.7 Å². The molecule has 0 amide bonds. The first kappa shape index (κ1) is 18.0. The number of hydrogen-bond donors (Lipinski definition) is 0. The summed E-state index contributed by atoms with van der Waals surface area (Å²) in [6.45, 7) is 2.04. The Labute approximate surface area is 172 Å². The normalized spacial score (nSPS) is 19.0. The van der Waals surface area contributed by atoms with Gasteiger partial charge in [-0.15, -0.1) is 0 Å². The highest BCUT2D eigenvalue weighted by molar-refractivity contribution is 7.07. The average Bonchev–Trinajstić information content (AvgIpc) is 3.04. The lowest BCUT2D eigenvalue weighted by atomic mass is 9.86. The third kappa shape index (κ3) is 3.12. The van der Waals surface area contributed by atoms with Crippen LogP contribution in [0.5, 0.6) is 0 Å². The second-order valence-corrected chi connectivity index (χ2v) is 8.55. The van der Waals surface area contributed by atoms with E-state index in [-0.39, 0.29) is 11.3 Å². The second-order valence-electron chi connectivity index (χ2n) is 7.54. The van der Waals surface area contributed by atoms with Crippen molar-refractivity contribution in [3.05, 3.63) is 102 Å². The summed E-state index contributed by atoms with van der Waals surface area (Å²) in [6.07, 6.45) is 4.04. The number of thiazole rings is 1. The number of rotatable bonds is 2. The lowest BCUT2D eigenvalue weighted by Gasteiger charge is -2.28. The van der Waals surface area contributed by atoms with Crippen LogP contribution in [0.4, 0.5) is 0 Å². The van der Waals surface area contributed by atoms with Crippen molar-refractivity contribution in [1.29, 1.82) is 0 Å². The van der Waals surface area contributed by atoms with E-state index in [1.54, 1.807) is 4.57 Å². The highest BCUT2D eigenvalue weighted by atomic mass is 32.1. The largest absolute Gasteiger partial charge is 0.294 e. The standard InChI is InChI=1S/C24H20N2O2S/c1-15-10-12-16(13-11-15)14-20-23(28)26-22(17-6-3-2-4-7-17)21-18(25-24(26)29-20)8-5-9-19(21)27/h2-4,6-7,10-14,22H,5,8-9H2,1H3. The third-order valence-electron chi connectivity index (χ3n) is 5.52. The Morgan fingerprint density at radius 2 is 1.79 bits per heavy atom. The van der Waals surface area contributed by atoms with Gasteiger partial charge in [-0.1, -0.05) is 71.5 Å². The molecule has 2 aliphatic rings. The molecule has 0 radical (unpaired) electrons. The van der Waals surface area contributed by atoms with Crippen molar-refractivity contribution in [3.8, 4) is 0 Å². The van der Waals surface area contributed by atoms with E-state index in [0.29, 0.717) is 21.3 Å². The van der Waals surface area contributed by atoms with Crippen LogP contribution >= 0.6 is 11.3 Å². The molecule has 0 saturated heterocycles. The van der Waals surface area contributed by atoms with E-state index >= 15 is 0 Å². The summed E-state index contributed by atoms with van der Waals surface area (Å²) in [5.41, 5.74) is 4.56. The molecule has 5 heteroatoms. The number of Topliss-reactive ketones (excluding diaryl/α,β-unsaturated/α-hetero) is 1. The van der Waals surface area contributed by atoms with Gasteiger partial charge in [-0.2, -0.15) is 0 Å². The topological polar surface area (TPSA) is 51.4 Å². The molecule has 0 N–H and O–H groups in total. The zero-order chi connectivity index (χ0) is 20.0. The molecule has 0 fully saturated rings. The fourth-order valence-electron chi connectivity index (χ4n) is 4.08. The number of allylic oxidation sites excluding steroid dienone is 2. The van der Waals surface area contributed by atoms with Crippen molar-refractivity contribution in [2.24, 2.45) is 4.99 Å². The van der Waals surface area contributed by atoms with Crippen LogP contribution in [0, 0.1) is 6.92 Å². The van der Waals surface area contributed by atoms with Gasteiger partial charge >= 0.3 is 0 Å². The summed E-state index contributed by atoms with van der Waals surface area (Å²) in [7, 11) is 0. The highest BCUT2D eigenvalue weighted by Gasteiger charge is 2.34. The zero-order valence-corrected chi connectivity index (χ0v) is 16.9. The third-order valence-corrected chi connectivity index (χ3v) is 6.50. The number of ketones is 1. The first-order chi connectivity index (χ1) is 14.1. The van der Waals surface area contributed by atoms with Crippen LogP contribution in [0.25, 0.3) is 6.08 Å². The predicted molar refractivity (Wildman–Crippen MR) is 115 cm³/mol. The maximum Gasteiger partial charge on any atom is 0.271 e. The maximum atomic E-state index is 13.4. The molecule has 1 unspecified atom stereocenters. The fourth-order valence-corrected chi connectivity index (χ4v) is 5.09. The summed E-state index contributed by atoms with van der Waals surface area (Å²) in [4.78, 5) is 31.7. The van der Waals surface area contributed by atoms with Crippen molar-refractivity contribution in [1.82, 2.24) is 4.57 Å². The average molecular weight is 401 g/mol. The number of carbonyl (C=O) groups excluding carboxylic acids is 1. The Balaban J connectivity index is 1.76. The van der Waals surface area contributed by atoms with Gasteiger partial charge in [0.1, 0.15) is 0 Å². The molecule has 1 atom stereocenters. The summed E-state index contributed by atoms with van der Waals surface area (Å²) >= 11 is 1.40. The Hall–Kier alpha value is -3.05. The van der Waals surface area contributed by atoms with Crippen LogP contribution in [0.1, 0.15) is 42.0 Å². The molecule has 5 rings (SSSR count). The molecule has 144 valence electrons. The number of aryl methyl sites for hydroxylation is 1. The second kappa shape index (κ2) is 7.08. The van der Waals surface area contributed by atoms with E-state index in [1.807, 2.05) is 67.6 Å². The monoisotopic (exact) mass is 400 g/mol.